The molecule has 6 N–H and O–H groups in total. The van der Waals surface area contributed by atoms with Crippen molar-refractivity contribution in [1.82, 2.24) is 20.3 Å². The molecular formula is C18H21N7O2S. The third kappa shape index (κ3) is 3.97. The van der Waals surface area contributed by atoms with Gasteiger partial charge in [-0.15, -0.1) is 11.3 Å². The van der Waals surface area contributed by atoms with Crippen molar-refractivity contribution in [1.29, 1.82) is 0 Å². The summed E-state index contributed by atoms with van der Waals surface area (Å²) in [6.07, 6.45) is 2.02. The van der Waals surface area contributed by atoms with E-state index in [9.17, 15) is 9.59 Å². The zero-order chi connectivity index (χ0) is 19.5. The summed E-state index contributed by atoms with van der Waals surface area (Å²) in [6, 6.07) is 7.89. The van der Waals surface area contributed by atoms with Crippen molar-refractivity contribution in [3.05, 3.63) is 34.6 Å². The summed E-state index contributed by atoms with van der Waals surface area (Å²) in [5.41, 5.74) is 6.09. The molecule has 4 rings (SSSR count). The summed E-state index contributed by atoms with van der Waals surface area (Å²) in [5.74, 6) is 0.104. The Morgan fingerprint density at radius 3 is 2.93 bits per heavy atom. The van der Waals surface area contributed by atoms with Gasteiger partial charge in [0.15, 0.2) is 0 Å². The second-order valence-electron chi connectivity index (χ2n) is 6.63. The van der Waals surface area contributed by atoms with Crippen molar-refractivity contribution in [3.8, 4) is 10.6 Å². The van der Waals surface area contributed by atoms with Gasteiger partial charge >= 0.3 is 0 Å². The SMILES string of the molecule is NC(=O)CNc1nc(NC2CCCNC2)c(-c2nc3ccccc3s2)c(=O)[nH]1. The Kier molecular flexibility index (Phi) is 5.22. The van der Waals surface area contributed by atoms with Crippen LogP contribution in [0.5, 0.6) is 0 Å². The molecule has 0 radical (unpaired) electrons. The van der Waals surface area contributed by atoms with Crippen LogP contribution in [0.25, 0.3) is 20.8 Å². The highest BCUT2D eigenvalue weighted by molar-refractivity contribution is 7.21. The first kappa shape index (κ1) is 18.4. The number of rotatable bonds is 6. The van der Waals surface area contributed by atoms with Crippen molar-refractivity contribution in [2.24, 2.45) is 5.73 Å². The third-order valence-electron chi connectivity index (χ3n) is 4.49. The van der Waals surface area contributed by atoms with Crippen LogP contribution in [0.15, 0.2) is 29.1 Å². The van der Waals surface area contributed by atoms with E-state index in [0.717, 1.165) is 36.1 Å². The van der Waals surface area contributed by atoms with E-state index in [1.165, 1.54) is 11.3 Å². The molecule has 0 spiro atoms. The number of piperidine rings is 1. The average Bonchev–Trinajstić information content (AvgIpc) is 3.10. The van der Waals surface area contributed by atoms with Gasteiger partial charge in [0.05, 0.1) is 16.8 Å². The van der Waals surface area contributed by atoms with Gasteiger partial charge in [0, 0.05) is 12.6 Å². The van der Waals surface area contributed by atoms with Crippen LogP contribution in [-0.2, 0) is 4.79 Å². The molecule has 9 nitrogen and oxygen atoms in total. The Bertz CT molecular complexity index is 1020. The molecule has 0 aliphatic carbocycles. The molecule has 146 valence electrons. The fourth-order valence-electron chi connectivity index (χ4n) is 3.18. The lowest BCUT2D eigenvalue weighted by Gasteiger charge is -2.25. The number of hydrogen-bond acceptors (Lipinski definition) is 8. The molecule has 3 heterocycles. The van der Waals surface area contributed by atoms with Crippen LogP contribution in [0.1, 0.15) is 12.8 Å². The van der Waals surface area contributed by atoms with Gasteiger partial charge in [-0.25, -0.2) is 4.98 Å². The van der Waals surface area contributed by atoms with Crippen LogP contribution >= 0.6 is 11.3 Å². The van der Waals surface area contributed by atoms with Crippen molar-refractivity contribution in [3.63, 3.8) is 0 Å². The van der Waals surface area contributed by atoms with Crippen LogP contribution in [0.4, 0.5) is 11.8 Å². The predicted molar refractivity (Wildman–Crippen MR) is 111 cm³/mol. The number of carbonyl (C=O) groups excluding carboxylic acids is 1. The number of aromatic amines is 1. The van der Waals surface area contributed by atoms with Crippen LogP contribution in [0.2, 0.25) is 0 Å². The number of nitrogens with two attached hydrogens (primary N) is 1. The fraction of sp³-hybridized carbons (Fsp3) is 0.333. The Morgan fingerprint density at radius 1 is 1.32 bits per heavy atom. The van der Waals surface area contributed by atoms with E-state index in [1.54, 1.807) is 0 Å². The van der Waals surface area contributed by atoms with Gasteiger partial charge in [-0.1, -0.05) is 12.1 Å². The minimum Gasteiger partial charge on any atom is -0.368 e. The zero-order valence-corrected chi connectivity index (χ0v) is 15.9. The van der Waals surface area contributed by atoms with E-state index >= 15 is 0 Å². The number of primary amides is 1. The van der Waals surface area contributed by atoms with Gasteiger partial charge in [0.2, 0.25) is 11.9 Å². The molecule has 28 heavy (non-hydrogen) atoms. The Morgan fingerprint density at radius 2 is 2.18 bits per heavy atom. The number of anilines is 2. The number of thiazole rings is 1. The zero-order valence-electron chi connectivity index (χ0n) is 15.1. The maximum Gasteiger partial charge on any atom is 0.264 e. The van der Waals surface area contributed by atoms with Crippen LogP contribution < -0.4 is 27.2 Å². The average molecular weight is 399 g/mol. The highest BCUT2D eigenvalue weighted by Crippen LogP contribution is 2.32. The number of amides is 1. The molecule has 1 aliphatic rings. The molecule has 0 bridgehead atoms. The summed E-state index contributed by atoms with van der Waals surface area (Å²) in [4.78, 5) is 35.7. The van der Waals surface area contributed by atoms with Gasteiger partial charge in [0.1, 0.15) is 16.4 Å². The number of nitrogens with zero attached hydrogens (tertiary/aromatic N) is 2. The first-order valence-corrected chi connectivity index (χ1v) is 9.91. The molecule has 0 saturated carbocycles. The third-order valence-corrected chi connectivity index (χ3v) is 5.55. The summed E-state index contributed by atoms with van der Waals surface area (Å²) < 4.78 is 0.998. The smallest absolute Gasteiger partial charge is 0.264 e. The fourth-order valence-corrected chi connectivity index (χ4v) is 4.19. The van der Waals surface area contributed by atoms with Crippen molar-refractivity contribution in [2.75, 3.05) is 30.3 Å². The normalized spacial score (nSPS) is 16.8. The van der Waals surface area contributed by atoms with Gasteiger partial charge in [0.25, 0.3) is 5.56 Å². The lowest BCUT2D eigenvalue weighted by Crippen LogP contribution is -2.39. The van der Waals surface area contributed by atoms with Gasteiger partial charge in [-0.3, -0.25) is 14.6 Å². The molecule has 1 aliphatic heterocycles. The van der Waals surface area contributed by atoms with E-state index < -0.39 is 5.91 Å². The van der Waals surface area contributed by atoms with E-state index in [4.69, 9.17) is 5.73 Å². The Hall–Kier alpha value is -2.98. The molecule has 1 saturated heterocycles. The van der Waals surface area contributed by atoms with Crippen LogP contribution in [0.3, 0.4) is 0 Å². The maximum atomic E-state index is 12.9. The second-order valence-corrected chi connectivity index (χ2v) is 7.66. The largest absolute Gasteiger partial charge is 0.368 e. The molecule has 1 amide bonds. The number of fused-ring (bicyclic) bond motifs is 1. The Balaban J connectivity index is 1.75. The number of hydrogen-bond donors (Lipinski definition) is 5. The monoisotopic (exact) mass is 399 g/mol. The molecular weight excluding hydrogens is 378 g/mol. The lowest BCUT2D eigenvalue weighted by molar-refractivity contribution is -0.116. The molecule has 1 unspecified atom stereocenters. The number of H-pyrrole nitrogens is 1. The summed E-state index contributed by atoms with van der Waals surface area (Å²) >= 11 is 1.44. The van der Waals surface area contributed by atoms with E-state index in [2.05, 4.69) is 30.9 Å². The molecule has 1 atom stereocenters. The number of benzene rings is 1. The second kappa shape index (κ2) is 7.95. The number of carbonyl (C=O) groups is 1. The predicted octanol–water partition coefficient (Wildman–Crippen LogP) is 1.11. The van der Waals surface area contributed by atoms with Gasteiger partial charge in [-0.05, 0) is 31.5 Å². The molecule has 2 aromatic heterocycles. The topological polar surface area (TPSA) is 138 Å². The van der Waals surface area contributed by atoms with Crippen LogP contribution in [0, 0.1) is 0 Å². The standard InChI is InChI=1S/C18H21N7O2S/c19-13(26)9-21-18-24-15(22-10-4-3-7-20-8-10)14(16(27)25-18)17-23-11-5-1-2-6-12(11)28-17/h1-2,5-6,10,20H,3-4,7-9H2,(H2,19,26)(H3,21,22,24,25,27). The van der Waals surface area contributed by atoms with E-state index in [0.29, 0.717) is 16.4 Å². The Labute approximate surface area is 164 Å². The first-order chi connectivity index (χ1) is 13.6. The van der Waals surface area contributed by atoms with Gasteiger partial charge in [-0.2, -0.15) is 4.98 Å². The quantitative estimate of drug-likeness (QED) is 0.418. The van der Waals surface area contributed by atoms with E-state index in [-0.39, 0.29) is 24.1 Å². The minimum absolute atomic E-state index is 0.117. The van der Waals surface area contributed by atoms with Gasteiger partial charge < -0.3 is 21.7 Å². The molecule has 1 aromatic carbocycles. The van der Waals surface area contributed by atoms with Crippen molar-refractivity contribution < 1.29 is 4.79 Å². The molecule has 3 aromatic rings. The maximum absolute atomic E-state index is 12.9. The summed E-state index contributed by atoms with van der Waals surface area (Å²) in [5, 5.41) is 10.1. The first-order valence-electron chi connectivity index (χ1n) is 9.10. The lowest BCUT2D eigenvalue weighted by atomic mass is 10.1. The number of aromatic nitrogens is 3. The highest BCUT2D eigenvalue weighted by atomic mass is 32.1. The summed E-state index contributed by atoms with van der Waals surface area (Å²) in [7, 11) is 0. The van der Waals surface area contributed by atoms with Crippen molar-refractivity contribution >= 4 is 39.2 Å². The molecule has 10 heteroatoms. The number of nitrogens with one attached hydrogen (secondary N) is 4. The van der Waals surface area contributed by atoms with Crippen molar-refractivity contribution in [2.45, 2.75) is 18.9 Å². The summed E-state index contributed by atoms with van der Waals surface area (Å²) in [6.45, 7) is 1.66. The molecule has 1 fully saturated rings. The highest BCUT2D eigenvalue weighted by Gasteiger charge is 2.21. The van der Waals surface area contributed by atoms with Crippen LogP contribution in [-0.4, -0.2) is 46.5 Å². The van der Waals surface area contributed by atoms with E-state index in [1.807, 2.05) is 24.3 Å². The minimum atomic E-state index is -0.538. The number of para-hydroxylation sites is 1.